The maximum Gasteiger partial charge on any atom is 0.123 e. The van der Waals surface area contributed by atoms with Crippen LogP contribution in [0, 0.1) is 0 Å². The fourth-order valence-corrected chi connectivity index (χ4v) is 3.09. The van der Waals surface area contributed by atoms with E-state index in [-0.39, 0.29) is 12.4 Å². The van der Waals surface area contributed by atoms with Gasteiger partial charge in [0.1, 0.15) is 11.5 Å². The van der Waals surface area contributed by atoms with Gasteiger partial charge >= 0.3 is 0 Å². The molecular weight excluding hydrogens is 292 g/mol. The van der Waals surface area contributed by atoms with Crippen molar-refractivity contribution in [3.8, 4) is 11.5 Å². The number of phenolic OH excluding ortho intramolecular Hbond substituents is 1. The largest absolute Gasteiger partial charge is 0.507 e. The summed E-state index contributed by atoms with van der Waals surface area (Å²) in [5.74, 6) is 0.982. The minimum Gasteiger partial charge on any atom is -0.507 e. The zero-order valence-electron chi connectivity index (χ0n) is 14.4. The van der Waals surface area contributed by atoms with Crippen LogP contribution in [0.1, 0.15) is 31.7 Å². The van der Waals surface area contributed by atoms with Gasteiger partial charge < -0.3 is 19.8 Å². The third kappa shape index (κ3) is 5.37. The van der Waals surface area contributed by atoms with Crippen LogP contribution in [0.2, 0.25) is 0 Å². The first-order chi connectivity index (χ1) is 11.1. The third-order valence-electron chi connectivity index (χ3n) is 4.49. The second kappa shape index (κ2) is 9.11. The quantitative estimate of drug-likeness (QED) is 0.767. The van der Waals surface area contributed by atoms with E-state index in [0.717, 1.165) is 37.9 Å². The highest BCUT2D eigenvalue weighted by molar-refractivity contribution is 5.39. The first-order valence-electron chi connectivity index (χ1n) is 8.62. The Morgan fingerprint density at radius 3 is 2.65 bits per heavy atom. The number of aromatic hydroxyl groups is 1. The van der Waals surface area contributed by atoms with E-state index in [9.17, 15) is 10.2 Å². The van der Waals surface area contributed by atoms with E-state index >= 15 is 0 Å². The minimum atomic E-state index is 0.144. The molecule has 1 aliphatic heterocycles. The molecule has 5 nitrogen and oxygen atoms in total. The van der Waals surface area contributed by atoms with Crippen LogP contribution >= 0.6 is 0 Å². The van der Waals surface area contributed by atoms with Crippen molar-refractivity contribution in [2.45, 2.75) is 38.8 Å². The Hall–Kier alpha value is -1.30. The van der Waals surface area contributed by atoms with Crippen LogP contribution < -0.4 is 4.74 Å². The molecule has 1 aromatic rings. The van der Waals surface area contributed by atoms with Crippen LogP contribution in [-0.4, -0.2) is 66.0 Å². The van der Waals surface area contributed by atoms with E-state index in [2.05, 4.69) is 23.8 Å². The van der Waals surface area contributed by atoms with E-state index in [4.69, 9.17) is 4.74 Å². The smallest absolute Gasteiger partial charge is 0.123 e. The number of benzene rings is 1. The van der Waals surface area contributed by atoms with Gasteiger partial charge in [-0.05, 0) is 45.5 Å². The molecule has 0 bridgehead atoms. The number of aliphatic hydroxyl groups is 1. The lowest BCUT2D eigenvalue weighted by Gasteiger charge is -2.37. The standard InChI is InChI=1S/C18H30N2O3/c1-3-12-23-17-5-4-15(18(22)13-17)14-20(10-11-21)16-6-8-19(2)9-7-16/h4-5,13,16,21-22H,3,6-12,14H2,1-2H3. The average Bonchev–Trinajstić information content (AvgIpc) is 2.55. The van der Waals surface area contributed by atoms with Crippen LogP contribution in [0.4, 0.5) is 0 Å². The maximum absolute atomic E-state index is 10.3. The Balaban J connectivity index is 2.01. The highest BCUT2D eigenvalue weighted by Gasteiger charge is 2.23. The van der Waals surface area contributed by atoms with Crippen molar-refractivity contribution in [3.63, 3.8) is 0 Å². The monoisotopic (exact) mass is 322 g/mol. The van der Waals surface area contributed by atoms with Gasteiger partial charge in [-0.1, -0.05) is 13.0 Å². The first kappa shape index (κ1) is 18.0. The average molecular weight is 322 g/mol. The van der Waals surface area contributed by atoms with E-state index in [1.807, 2.05) is 12.1 Å². The van der Waals surface area contributed by atoms with Gasteiger partial charge in [0.15, 0.2) is 0 Å². The predicted molar refractivity (Wildman–Crippen MR) is 91.9 cm³/mol. The molecule has 23 heavy (non-hydrogen) atoms. The van der Waals surface area contributed by atoms with Crippen molar-refractivity contribution in [2.75, 3.05) is 39.9 Å². The van der Waals surface area contributed by atoms with E-state index < -0.39 is 0 Å². The number of piperidine rings is 1. The minimum absolute atomic E-state index is 0.144. The summed E-state index contributed by atoms with van der Waals surface area (Å²) < 4.78 is 5.55. The summed E-state index contributed by atoms with van der Waals surface area (Å²) >= 11 is 0. The molecule has 1 saturated heterocycles. The maximum atomic E-state index is 10.3. The molecule has 2 N–H and O–H groups in total. The summed E-state index contributed by atoms with van der Waals surface area (Å²) in [4.78, 5) is 4.62. The van der Waals surface area contributed by atoms with Crippen molar-refractivity contribution < 1.29 is 14.9 Å². The van der Waals surface area contributed by atoms with Crippen LogP contribution in [0.15, 0.2) is 18.2 Å². The Morgan fingerprint density at radius 2 is 2.04 bits per heavy atom. The molecule has 0 amide bonds. The third-order valence-corrected chi connectivity index (χ3v) is 4.49. The summed E-state index contributed by atoms with van der Waals surface area (Å²) in [5, 5.41) is 19.6. The molecule has 0 aromatic heterocycles. The highest BCUT2D eigenvalue weighted by atomic mass is 16.5. The molecule has 130 valence electrons. The number of hydrogen-bond acceptors (Lipinski definition) is 5. The van der Waals surface area contributed by atoms with Crippen molar-refractivity contribution >= 4 is 0 Å². The fourth-order valence-electron chi connectivity index (χ4n) is 3.09. The summed E-state index contributed by atoms with van der Waals surface area (Å²) in [5.41, 5.74) is 0.890. The zero-order chi connectivity index (χ0) is 16.7. The Labute approximate surface area is 139 Å². The van der Waals surface area contributed by atoms with E-state index in [1.165, 1.54) is 0 Å². The molecule has 2 rings (SSSR count). The molecule has 1 aromatic carbocycles. The van der Waals surface area contributed by atoms with Crippen molar-refractivity contribution in [3.05, 3.63) is 23.8 Å². The highest BCUT2D eigenvalue weighted by Crippen LogP contribution is 2.27. The van der Waals surface area contributed by atoms with Gasteiger partial charge in [-0.2, -0.15) is 0 Å². The van der Waals surface area contributed by atoms with Gasteiger partial charge in [0, 0.05) is 30.8 Å². The number of ether oxygens (including phenoxy) is 1. The Kier molecular flexibility index (Phi) is 7.15. The molecule has 5 heteroatoms. The summed E-state index contributed by atoms with van der Waals surface area (Å²) in [6.07, 6.45) is 3.16. The van der Waals surface area contributed by atoms with E-state index in [1.54, 1.807) is 6.07 Å². The molecule has 0 saturated carbocycles. The number of phenols is 1. The molecule has 1 fully saturated rings. The predicted octanol–water partition coefficient (Wildman–Crippen LogP) is 2.07. The van der Waals surface area contributed by atoms with Crippen molar-refractivity contribution in [1.82, 2.24) is 9.80 Å². The first-order valence-corrected chi connectivity index (χ1v) is 8.62. The van der Waals surface area contributed by atoms with Gasteiger partial charge in [-0.3, -0.25) is 4.90 Å². The number of hydrogen-bond donors (Lipinski definition) is 2. The van der Waals surface area contributed by atoms with E-state index in [0.29, 0.717) is 31.5 Å². The van der Waals surface area contributed by atoms with Crippen LogP contribution in [0.3, 0.4) is 0 Å². The van der Waals surface area contributed by atoms with Crippen molar-refractivity contribution in [1.29, 1.82) is 0 Å². The molecule has 0 atom stereocenters. The Bertz CT molecular complexity index is 473. The summed E-state index contributed by atoms with van der Waals surface area (Å²) in [6, 6.07) is 6.00. The number of likely N-dealkylation sites (tertiary alicyclic amines) is 1. The number of rotatable bonds is 8. The second-order valence-corrected chi connectivity index (χ2v) is 6.37. The molecule has 0 spiro atoms. The summed E-state index contributed by atoms with van der Waals surface area (Å²) in [6.45, 7) is 6.33. The molecule has 1 heterocycles. The van der Waals surface area contributed by atoms with Gasteiger partial charge in [0.25, 0.3) is 0 Å². The fraction of sp³-hybridized carbons (Fsp3) is 0.667. The van der Waals surface area contributed by atoms with Crippen molar-refractivity contribution in [2.24, 2.45) is 0 Å². The normalized spacial score (nSPS) is 16.9. The molecule has 0 unspecified atom stereocenters. The van der Waals surface area contributed by atoms with Crippen LogP contribution in [-0.2, 0) is 6.54 Å². The lowest BCUT2D eigenvalue weighted by Crippen LogP contribution is -2.44. The topological polar surface area (TPSA) is 56.2 Å². The van der Waals surface area contributed by atoms with Crippen LogP contribution in [0.5, 0.6) is 11.5 Å². The molecular formula is C18H30N2O3. The zero-order valence-corrected chi connectivity index (χ0v) is 14.4. The molecule has 0 aliphatic carbocycles. The number of nitrogens with zero attached hydrogens (tertiary/aromatic N) is 2. The second-order valence-electron chi connectivity index (χ2n) is 6.37. The van der Waals surface area contributed by atoms with Gasteiger partial charge in [-0.25, -0.2) is 0 Å². The lowest BCUT2D eigenvalue weighted by molar-refractivity contribution is 0.0934. The van der Waals surface area contributed by atoms with Gasteiger partial charge in [-0.15, -0.1) is 0 Å². The SMILES string of the molecule is CCCOc1ccc(CN(CCO)C2CCN(C)CC2)c(O)c1. The Morgan fingerprint density at radius 1 is 1.30 bits per heavy atom. The molecule has 0 radical (unpaired) electrons. The van der Waals surface area contributed by atoms with Gasteiger partial charge in [0.05, 0.1) is 13.2 Å². The van der Waals surface area contributed by atoms with Gasteiger partial charge in [0.2, 0.25) is 0 Å². The molecule has 1 aliphatic rings. The number of aliphatic hydroxyl groups excluding tert-OH is 1. The van der Waals surface area contributed by atoms with Crippen LogP contribution in [0.25, 0.3) is 0 Å². The summed E-state index contributed by atoms with van der Waals surface area (Å²) in [7, 11) is 2.15. The lowest BCUT2D eigenvalue weighted by atomic mass is 10.0.